The molecule has 1 unspecified atom stereocenters. The third kappa shape index (κ3) is 4.14. The van der Waals surface area contributed by atoms with Crippen LogP contribution in [0.4, 0.5) is 0 Å². The quantitative estimate of drug-likeness (QED) is 0.853. The van der Waals surface area contributed by atoms with Gasteiger partial charge in [0.1, 0.15) is 0 Å². The highest BCUT2D eigenvalue weighted by Crippen LogP contribution is 2.25. The van der Waals surface area contributed by atoms with Crippen LogP contribution >= 0.6 is 11.8 Å². The summed E-state index contributed by atoms with van der Waals surface area (Å²) in [6.07, 6.45) is 5.47. The maximum atomic E-state index is 12.4. The van der Waals surface area contributed by atoms with Crippen LogP contribution in [0, 0.1) is 5.92 Å². The minimum absolute atomic E-state index is 0.287. The zero-order valence-electron chi connectivity index (χ0n) is 13.0. The molecule has 2 saturated heterocycles. The van der Waals surface area contributed by atoms with E-state index in [4.69, 9.17) is 0 Å². The lowest BCUT2D eigenvalue weighted by Crippen LogP contribution is -2.50. The fourth-order valence-corrected chi connectivity index (χ4v) is 4.25. The van der Waals surface area contributed by atoms with Gasteiger partial charge in [-0.3, -0.25) is 9.69 Å². The van der Waals surface area contributed by atoms with Gasteiger partial charge in [-0.05, 0) is 17.7 Å². The van der Waals surface area contributed by atoms with E-state index in [1.165, 1.54) is 5.56 Å². The third-order valence-corrected chi connectivity index (χ3v) is 5.60. The van der Waals surface area contributed by atoms with Gasteiger partial charge in [0.25, 0.3) is 0 Å². The molecule has 2 fully saturated rings. The highest BCUT2D eigenvalue weighted by molar-refractivity contribution is 7.99. The molecule has 1 aromatic carbocycles. The van der Waals surface area contributed by atoms with Crippen LogP contribution in [0.2, 0.25) is 0 Å². The van der Waals surface area contributed by atoms with Crippen LogP contribution in [0.1, 0.15) is 12.0 Å². The molecule has 0 radical (unpaired) electrons. The van der Waals surface area contributed by atoms with Crippen molar-refractivity contribution in [1.82, 2.24) is 9.80 Å². The Balaban J connectivity index is 1.42. The van der Waals surface area contributed by atoms with E-state index >= 15 is 0 Å². The van der Waals surface area contributed by atoms with E-state index in [1.54, 1.807) is 0 Å². The molecule has 1 aromatic rings. The van der Waals surface area contributed by atoms with Crippen molar-refractivity contribution < 1.29 is 4.79 Å². The first-order chi connectivity index (χ1) is 10.8. The maximum absolute atomic E-state index is 12.4. The predicted octanol–water partition coefficient (Wildman–Crippen LogP) is 2.60. The second-order valence-corrected chi connectivity index (χ2v) is 7.15. The molecule has 3 nitrogen and oxygen atoms in total. The lowest BCUT2D eigenvalue weighted by atomic mass is 10.1. The molecule has 2 heterocycles. The van der Waals surface area contributed by atoms with Gasteiger partial charge in [-0.1, -0.05) is 42.5 Å². The predicted molar refractivity (Wildman–Crippen MR) is 93.9 cm³/mol. The number of rotatable bonds is 4. The molecule has 0 bridgehead atoms. The molecule has 0 spiro atoms. The van der Waals surface area contributed by atoms with E-state index in [0.717, 1.165) is 50.7 Å². The van der Waals surface area contributed by atoms with Gasteiger partial charge in [-0.15, -0.1) is 0 Å². The fourth-order valence-electron chi connectivity index (χ4n) is 3.04. The molecule has 1 atom stereocenters. The van der Waals surface area contributed by atoms with Gasteiger partial charge in [-0.25, -0.2) is 0 Å². The Morgan fingerprint density at radius 3 is 2.64 bits per heavy atom. The van der Waals surface area contributed by atoms with E-state index in [0.29, 0.717) is 5.91 Å². The molecule has 4 heteroatoms. The number of piperazine rings is 1. The van der Waals surface area contributed by atoms with Crippen LogP contribution in [-0.2, 0) is 4.79 Å². The van der Waals surface area contributed by atoms with Crippen molar-refractivity contribution in [3.05, 3.63) is 42.0 Å². The lowest BCUT2D eigenvalue weighted by Gasteiger charge is -2.35. The molecule has 0 aliphatic carbocycles. The van der Waals surface area contributed by atoms with E-state index in [1.807, 2.05) is 17.8 Å². The number of carbonyl (C=O) groups is 1. The first kappa shape index (κ1) is 15.6. The van der Waals surface area contributed by atoms with Gasteiger partial charge in [0.2, 0.25) is 5.91 Å². The largest absolute Gasteiger partial charge is 0.340 e. The summed E-state index contributed by atoms with van der Waals surface area (Å²) in [5.41, 5.74) is 1.25. The number of amides is 1. The summed E-state index contributed by atoms with van der Waals surface area (Å²) < 4.78 is 0. The number of benzene rings is 1. The highest BCUT2D eigenvalue weighted by atomic mass is 32.2. The van der Waals surface area contributed by atoms with Crippen LogP contribution in [-0.4, -0.2) is 59.9 Å². The Bertz CT molecular complexity index is 503. The van der Waals surface area contributed by atoms with Gasteiger partial charge in [0.05, 0.1) is 0 Å². The monoisotopic (exact) mass is 316 g/mol. The zero-order valence-corrected chi connectivity index (χ0v) is 13.8. The first-order valence-corrected chi connectivity index (χ1v) is 9.29. The number of hydrogen-bond donors (Lipinski definition) is 0. The molecule has 22 heavy (non-hydrogen) atoms. The summed E-state index contributed by atoms with van der Waals surface area (Å²) in [6, 6.07) is 10.4. The first-order valence-electron chi connectivity index (χ1n) is 8.13. The molecule has 0 N–H and O–H groups in total. The van der Waals surface area contributed by atoms with Crippen molar-refractivity contribution in [3.63, 3.8) is 0 Å². The molecule has 2 aliphatic rings. The lowest BCUT2D eigenvalue weighted by molar-refractivity contribution is -0.136. The van der Waals surface area contributed by atoms with Crippen LogP contribution in [0.5, 0.6) is 0 Å². The average molecular weight is 316 g/mol. The molecule has 1 amide bonds. The number of carbonyl (C=O) groups excluding carboxylic acids is 1. The topological polar surface area (TPSA) is 23.6 Å². The number of hydrogen-bond acceptors (Lipinski definition) is 3. The Labute approximate surface area is 137 Å². The van der Waals surface area contributed by atoms with Crippen molar-refractivity contribution in [3.8, 4) is 0 Å². The van der Waals surface area contributed by atoms with Gasteiger partial charge in [0.15, 0.2) is 0 Å². The number of nitrogens with zero attached hydrogens (tertiary/aromatic N) is 2. The summed E-state index contributed by atoms with van der Waals surface area (Å²) >= 11 is 1.92. The Hall–Kier alpha value is -1.26. The summed E-state index contributed by atoms with van der Waals surface area (Å²) in [4.78, 5) is 16.9. The SMILES string of the molecule is O=C(C1CCSC1)N1CCN(C/C=C/c2ccccc2)CC1. The summed E-state index contributed by atoms with van der Waals surface area (Å²) in [6.45, 7) is 4.73. The van der Waals surface area contributed by atoms with Gasteiger partial charge in [-0.2, -0.15) is 11.8 Å². The Morgan fingerprint density at radius 2 is 1.95 bits per heavy atom. The molecule has 0 aromatic heterocycles. The second-order valence-electron chi connectivity index (χ2n) is 6.00. The van der Waals surface area contributed by atoms with Crippen LogP contribution in [0.3, 0.4) is 0 Å². The third-order valence-electron chi connectivity index (χ3n) is 4.44. The van der Waals surface area contributed by atoms with Crippen molar-refractivity contribution >= 4 is 23.7 Å². The average Bonchev–Trinajstić information content (AvgIpc) is 3.10. The number of thioether (sulfide) groups is 1. The Kier molecular flexibility index (Phi) is 5.57. The molecule has 2 aliphatic heterocycles. The molecule has 118 valence electrons. The van der Waals surface area contributed by atoms with Crippen molar-refractivity contribution in [1.29, 1.82) is 0 Å². The minimum Gasteiger partial charge on any atom is -0.340 e. The summed E-state index contributed by atoms with van der Waals surface area (Å²) in [5.74, 6) is 2.86. The smallest absolute Gasteiger partial charge is 0.226 e. The van der Waals surface area contributed by atoms with E-state index < -0.39 is 0 Å². The normalized spacial score (nSPS) is 23.3. The minimum atomic E-state index is 0.287. The van der Waals surface area contributed by atoms with Crippen molar-refractivity contribution in [2.45, 2.75) is 6.42 Å². The van der Waals surface area contributed by atoms with Gasteiger partial charge >= 0.3 is 0 Å². The fraction of sp³-hybridized carbons (Fsp3) is 0.500. The van der Waals surface area contributed by atoms with Crippen LogP contribution in [0.25, 0.3) is 6.08 Å². The molecule has 0 saturated carbocycles. The summed E-state index contributed by atoms with van der Waals surface area (Å²) in [5, 5.41) is 0. The van der Waals surface area contributed by atoms with E-state index in [2.05, 4.69) is 46.2 Å². The van der Waals surface area contributed by atoms with Crippen molar-refractivity contribution in [2.75, 3.05) is 44.2 Å². The summed E-state index contributed by atoms with van der Waals surface area (Å²) in [7, 11) is 0. The van der Waals surface area contributed by atoms with Gasteiger partial charge < -0.3 is 4.90 Å². The second kappa shape index (κ2) is 7.84. The van der Waals surface area contributed by atoms with Crippen LogP contribution in [0.15, 0.2) is 36.4 Å². The molecular formula is C18H24N2OS. The Morgan fingerprint density at radius 1 is 1.18 bits per heavy atom. The van der Waals surface area contributed by atoms with Crippen molar-refractivity contribution in [2.24, 2.45) is 5.92 Å². The molecular weight excluding hydrogens is 292 g/mol. The van der Waals surface area contributed by atoms with E-state index in [9.17, 15) is 4.79 Å². The maximum Gasteiger partial charge on any atom is 0.226 e. The molecule has 3 rings (SSSR count). The standard InChI is InChI=1S/C18H24N2OS/c21-18(17-8-14-22-15-17)20-12-10-19(11-13-20)9-4-7-16-5-2-1-3-6-16/h1-7,17H,8-15H2/b7-4+. The zero-order chi connectivity index (χ0) is 15.2. The van der Waals surface area contributed by atoms with Gasteiger partial charge in [0, 0.05) is 44.4 Å². The highest BCUT2D eigenvalue weighted by Gasteiger charge is 2.29. The van der Waals surface area contributed by atoms with E-state index in [-0.39, 0.29) is 5.92 Å². The van der Waals surface area contributed by atoms with Crippen LogP contribution < -0.4 is 0 Å².